The van der Waals surface area contributed by atoms with E-state index in [4.69, 9.17) is 16.6 Å². The topological polar surface area (TPSA) is 79.9 Å². The van der Waals surface area contributed by atoms with E-state index in [1.165, 1.54) is 20.0 Å². The second-order valence-corrected chi connectivity index (χ2v) is 8.41. The number of aromatic amines is 1. The van der Waals surface area contributed by atoms with E-state index in [9.17, 15) is 4.79 Å². The van der Waals surface area contributed by atoms with E-state index in [1.54, 1.807) is 12.1 Å². The van der Waals surface area contributed by atoms with Crippen molar-refractivity contribution in [2.24, 2.45) is 5.92 Å². The molecule has 150 valence electrons. The summed E-state index contributed by atoms with van der Waals surface area (Å²) in [5.41, 5.74) is 3.17. The number of amides is 1. The number of benzene rings is 1. The maximum atomic E-state index is 11.3. The van der Waals surface area contributed by atoms with Gasteiger partial charge in [-0.05, 0) is 52.5 Å². The van der Waals surface area contributed by atoms with Crippen LogP contribution in [-0.4, -0.2) is 28.2 Å². The minimum absolute atomic E-state index is 0.0714. The van der Waals surface area contributed by atoms with E-state index in [0.717, 1.165) is 28.0 Å². The van der Waals surface area contributed by atoms with Crippen LogP contribution in [-0.2, 0) is 4.74 Å². The maximum Gasteiger partial charge on any atom is 0.411 e. The van der Waals surface area contributed by atoms with Gasteiger partial charge in [-0.15, -0.1) is 0 Å². The van der Waals surface area contributed by atoms with Gasteiger partial charge in [-0.1, -0.05) is 36.6 Å². The number of nitrogens with zero attached hydrogens (tertiary/aromatic N) is 2. The Hall–Kier alpha value is -2.38. The molecule has 1 amide bonds. The first-order valence-electron chi connectivity index (χ1n) is 9.35. The number of hydrogen-bond donors (Lipinski definition) is 2. The third-order valence-corrected chi connectivity index (χ3v) is 5.71. The molecule has 1 saturated carbocycles. The Morgan fingerprint density at radius 3 is 2.69 bits per heavy atom. The lowest BCUT2D eigenvalue weighted by Gasteiger charge is -2.13. The van der Waals surface area contributed by atoms with Gasteiger partial charge in [-0.25, -0.2) is 9.78 Å². The van der Waals surface area contributed by atoms with E-state index < -0.39 is 6.09 Å². The van der Waals surface area contributed by atoms with Gasteiger partial charge >= 0.3 is 6.09 Å². The average molecular weight is 476 g/mol. The molecule has 1 aliphatic carbocycles. The third-order valence-electron chi connectivity index (χ3n) is 4.97. The van der Waals surface area contributed by atoms with Crippen molar-refractivity contribution in [1.29, 1.82) is 0 Å². The second-order valence-electron chi connectivity index (χ2n) is 7.11. The highest BCUT2D eigenvalue weighted by Gasteiger charge is 2.30. The highest BCUT2D eigenvalue weighted by molar-refractivity contribution is 9.10. The Morgan fingerprint density at radius 2 is 2.07 bits per heavy atom. The predicted octanol–water partition coefficient (Wildman–Crippen LogP) is 6.00. The number of carbonyl (C=O) groups excluding carboxylic acids is 1. The van der Waals surface area contributed by atoms with Crippen molar-refractivity contribution in [3.63, 3.8) is 0 Å². The number of pyridine rings is 1. The highest BCUT2D eigenvalue weighted by Crippen LogP contribution is 2.41. The van der Waals surface area contributed by atoms with Gasteiger partial charge in [0.25, 0.3) is 0 Å². The molecule has 6 nitrogen and oxygen atoms in total. The fraction of sp³-hybridized carbons (Fsp3) is 0.286. The zero-order valence-corrected chi connectivity index (χ0v) is 18.1. The quantitative estimate of drug-likeness (QED) is 0.458. The van der Waals surface area contributed by atoms with Gasteiger partial charge in [0.1, 0.15) is 16.7 Å². The Kier molecular flexibility index (Phi) is 5.87. The normalized spacial score (nSPS) is 14.4. The summed E-state index contributed by atoms with van der Waals surface area (Å²) in [4.78, 5) is 24.0. The first kappa shape index (κ1) is 19.9. The number of halogens is 2. The lowest BCUT2D eigenvalue weighted by atomic mass is 9.97. The van der Waals surface area contributed by atoms with E-state index >= 15 is 0 Å². The van der Waals surface area contributed by atoms with Gasteiger partial charge in [0.05, 0.1) is 18.7 Å². The second kappa shape index (κ2) is 8.55. The van der Waals surface area contributed by atoms with E-state index in [2.05, 4.69) is 36.0 Å². The molecular formula is C21H20BrClN4O2. The number of carbonyl (C=O) groups is 1. The molecule has 1 aromatic carbocycles. The first-order valence-corrected chi connectivity index (χ1v) is 10.5. The van der Waals surface area contributed by atoms with Crippen LogP contribution >= 0.6 is 27.5 Å². The molecule has 2 heterocycles. The standard InChI is InChI=1S/C21H20BrClN4O2/c1-29-21(28)25-15-7-4-13(5-8-15)18-19(23)27-20(26-18)16(10-12-2-3-12)17-9-6-14(22)11-24-17/h4-9,11-12,16H,2-3,10H2,1H3,(H,25,28)(H,26,27). The fourth-order valence-corrected chi connectivity index (χ4v) is 3.74. The Bertz CT molecular complexity index is 1000. The van der Waals surface area contributed by atoms with Crippen LogP contribution < -0.4 is 5.32 Å². The van der Waals surface area contributed by atoms with E-state index in [0.29, 0.717) is 22.5 Å². The number of nitrogens with one attached hydrogen (secondary N) is 2. The van der Waals surface area contributed by atoms with Crippen LogP contribution in [0.3, 0.4) is 0 Å². The Balaban J connectivity index is 1.61. The smallest absolute Gasteiger partial charge is 0.411 e. The molecular weight excluding hydrogens is 456 g/mol. The number of hydrogen-bond acceptors (Lipinski definition) is 4. The molecule has 0 spiro atoms. The van der Waals surface area contributed by atoms with Crippen LogP contribution in [0.1, 0.15) is 36.7 Å². The summed E-state index contributed by atoms with van der Waals surface area (Å²) in [6.45, 7) is 0. The number of imidazole rings is 1. The number of ether oxygens (including phenoxy) is 1. The lowest BCUT2D eigenvalue weighted by molar-refractivity contribution is 0.187. The number of anilines is 1. The molecule has 1 unspecified atom stereocenters. The van der Waals surface area contributed by atoms with Gasteiger partial charge in [0.2, 0.25) is 0 Å². The van der Waals surface area contributed by atoms with Gasteiger partial charge in [0, 0.05) is 21.9 Å². The van der Waals surface area contributed by atoms with Crippen molar-refractivity contribution in [2.75, 3.05) is 12.4 Å². The number of rotatable bonds is 6. The molecule has 1 atom stereocenters. The molecule has 2 aromatic heterocycles. The van der Waals surface area contributed by atoms with Crippen molar-refractivity contribution in [3.05, 3.63) is 63.7 Å². The molecule has 3 aromatic rings. The predicted molar refractivity (Wildman–Crippen MR) is 116 cm³/mol. The van der Waals surface area contributed by atoms with Gasteiger partial charge in [-0.3, -0.25) is 10.3 Å². The van der Waals surface area contributed by atoms with Crippen LogP contribution in [0.4, 0.5) is 10.5 Å². The molecule has 0 bridgehead atoms. The van der Waals surface area contributed by atoms with Crippen LogP contribution in [0, 0.1) is 5.92 Å². The van der Waals surface area contributed by atoms with Crippen molar-refractivity contribution < 1.29 is 9.53 Å². The molecule has 4 rings (SSSR count). The van der Waals surface area contributed by atoms with E-state index in [-0.39, 0.29) is 5.92 Å². The Labute approximate surface area is 182 Å². The summed E-state index contributed by atoms with van der Waals surface area (Å²) in [5, 5.41) is 3.12. The number of H-pyrrole nitrogens is 1. The SMILES string of the molecule is COC(=O)Nc1ccc(-c2nc(C(CC3CC3)c3ccc(Br)cn3)[nH]c2Cl)cc1. The lowest BCUT2D eigenvalue weighted by Crippen LogP contribution is -2.10. The monoisotopic (exact) mass is 474 g/mol. The molecule has 1 fully saturated rings. The minimum Gasteiger partial charge on any atom is -0.453 e. The highest BCUT2D eigenvalue weighted by atomic mass is 79.9. The number of methoxy groups -OCH3 is 1. The molecule has 1 aliphatic rings. The fourth-order valence-electron chi connectivity index (χ4n) is 3.26. The van der Waals surface area contributed by atoms with Crippen LogP contribution in [0.2, 0.25) is 5.15 Å². The van der Waals surface area contributed by atoms with Crippen molar-refractivity contribution in [2.45, 2.75) is 25.2 Å². The van der Waals surface area contributed by atoms with Gasteiger partial charge in [0.15, 0.2) is 0 Å². The molecule has 0 aliphatic heterocycles. The minimum atomic E-state index is -0.511. The van der Waals surface area contributed by atoms with Gasteiger partial charge in [-0.2, -0.15) is 0 Å². The summed E-state index contributed by atoms with van der Waals surface area (Å²) < 4.78 is 5.56. The van der Waals surface area contributed by atoms with E-state index in [1.807, 2.05) is 30.5 Å². The molecule has 8 heteroatoms. The average Bonchev–Trinajstić information content (AvgIpc) is 3.47. The largest absolute Gasteiger partial charge is 0.453 e. The van der Waals surface area contributed by atoms with Crippen molar-refractivity contribution >= 4 is 39.3 Å². The van der Waals surface area contributed by atoms with Crippen molar-refractivity contribution in [3.8, 4) is 11.3 Å². The summed E-state index contributed by atoms with van der Waals surface area (Å²) in [5.74, 6) is 1.60. The third kappa shape index (κ3) is 4.79. The first-order chi connectivity index (χ1) is 14.0. The summed E-state index contributed by atoms with van der Waals surface area (Å²) in [7, 11) is 1.33. The molecule has 29 heavy (non-hydrogen) atoms. The zero-order valence-electron chi connectivity index (χ0n) is 15.8. The van der Waals surface area contributed by atoms with Gasteiger partial charge < -0.3 is 9.72 Å². The molecule has 0 saturated heterocycles. The molecule has 0 radical (unpaired) electrons. The molecule has 2 N–H and O–H groups in total. The van der Waals surface area contributed by atoms with Crippen LogP contribution in [0.5, 0.6) is 0 Å². The summed E-state index contributed by atoms with van der Waals surface area (Å²) >= 11 is 9.94. The maximum absolute atomic E-state index is 11.3. The van der Waals surface area contributed by atoms with Crippen LogP contribution in [0.15, 0.2) is 47.1 Å². The number of aromatic nitrogens is 3. The van der Waals surface area contributed by atoms with Crippen LogP contribution in [0.25, 0.3) is 11.3 Å². The Morgan fingerprint density at radius 1 is 1.31 bits per heavy atom. The zero-order chi connectivity index (χ0) is 20.4. The summed E-state index contributed by atoms with van der Waals surface area (Å²) in [6, 6.07) is 11.3. The van der Waals surface area contributed by atoms with Crippen molar-refractivity contribution in [1.82, 2.24) is 15.0 Å². The summed E-state index contributed by atoms with van der Waals surface area (Å²) in [6.07, 6.45) is 4.81.